The number of imidazole rings is 1. The third-order valence-electron chi connectivity index (χ3n) is 3.25. The van der Waals surface area contributed by atoms with Crippen LogP contribution in [0, 0.1) is 6.92 Å². The van der Waals surface area contributed by atoms with Gasteiger partial charge in [0.05, 0.1) is 17.6 Å². The smallest absolute Gasteiger partial charge is 0.309 e. The van der Waals surface area contributed by atoms with Crippen LogP contribution in [0.5, 0.6) is 0 Å². The first kappa shape index (κ1) is 12.4. The number of fused-ring (bicyclic) bond motifs is 1. The SMILES string of the molecule is Cc1ccc(-c2nc(CC(=O)O)c3ccccn23)cc1. The van der Waals surface area contributed by atoms with Gasteiger partial charge in [-0.25, -0.2) is 4.98 Å². The van der Waals surface area contributed by atoms with Crippen LogP contribution < -0.4 is 0 Å². The number of pyridine rings is 1. The number of nitrogens with zero attached hydrogens (tertiary/aromatic N) is 2. The summed E-state index contributed by atoms with van der Waals surface area (Å²) in [7, 11) is 0. The first-order chi connectivity index (χ1) is 9.65. The zero-order valence-corrected chi connectivity index (χ0v) is 11.1. The standard InChI is InChI=1S/C16H14N2O2/c1-11-5-7-12(8-6-11)16-17-13(10-15(19)20)14-4-2-3-9-18(14)16/h2-9H,10H2,1H3,(H,19,20). The number of aliphatic carboxylic acids is 1. The topological polar surface area (TPSA) is 54.6 Å². The first-order valence-electron chi connectivity index (χ1n) is 6.40. The van der Waals surface area contributed by atoms with Crippen molar-refractivity contribution >= 4 is 11.5 Å². The number of carboxylic acids is 1. The quantitative estimate of drug-likeness (QED) is 0.793. The van der Waals surface area contributed by atoms with Crippen LogP contribution >= 0.6 is 0 Å². The van der Waals surface area contributed by atoms with Crippen LogP contribution in [0.25, 0.3) is 16.9 Å². The van der Waals surface area contributed by atoms with Crippen LogP contribution in [-0.2, 0) is 11.2 Å². The van der Waals surface area contributed by atoms with Crippen molar-refractivity contribution in [3.63, 3.8) is 0 Å². The van der Waals surface area contributed by atoms with E-state index < -0.39 is 5.97 Å². The Bertz CT molecular complexity index is 773. The van der Waals surface area contributed by atoms with E-state index in [1.54, 1.807) is 0 Å². The highest BCUT2D eigenvalue weighted by Gasteiger charge is 2.14. The predicted molar refractivity (Wildman–Crippen MR) is 76.7 cm³/mol. The summed E-state index contributed by atoms with van der Waals surface area (Å²) in [6.07, 6.45) is 1.84. The van der Waals surface area contributed by atoms with Crippen LogP contribution in [0.2, 0.25) is 0 Å². The minimum Gasteiger partial charge on any atom is -0.481 e. The minimum atomic E-state index is -0.871. The molecule has 3 rings (SSSR count). The number of aryl methyl sites for hydroxylation is 1. The van der Waals surface area contributed by atoms with Gasteiger partial charge in [0.15, 0.2) is 0 Å². The van der Waals surface area contributed by atoms with Gasteiger partial charge < -0.3 is 5.11 Å². The summed E-state index contributed by atoms with van der Waals surface area (Å²) < 4.78 is 1.93. The molecule has 4 heteroatoms. The second kappa shape index (κ2) is 4.81. The molecule has 20 heavy (non-hydrogen) atoms. The van der Waals surface area contributed by atoms with E-state index >= 15 is 0 Å². The molecular formula is C16H14N2O2. The molecule has 2 heterocycles. The first-order valence-corrected chi connectivity index (χ1v) is 6.40. The number of carboxylic acid groups (broad SMARTS) is 1. The third-order valence-corrected chi connectivity index (χ3v) is 3.25. The Balaban J connectivity index is 2.20. The van der Waals surface area contributed by atoms with E-state index in [-0.39, 0.29) is 6.42 Å². The molecule has 100 valence electrons. The molecule has 3 aromatic rings. The lowest BCUT2D eigenvalue weighted by molar-refractivity contribution is -0.136. The number of carbonyl (C=O) groups is 1. The highest BCUT2D eigenvalue weighted by molar-refractivity contribution is 5.75. The molecule has 0 spiro atoms. The Kier molecular flexibility index (Phi) is 2.99. The number of aromatic nitrogens is 2. The predicted octanol–water partition coefficient (Wildman–Crippen LogP) is 2.94. The molecule has 2 aromatic heterocycles. The molecule has 0 aliphatic heterocycles. The van der Waals surface area contributed by atoms with Crippen LogP contribution in [-0.4, -0.2) is 20.5 Å². The summed E-state index contributed by atoms with van der Waals surface area (Å²) >= 11 is 0. The van der Waals surface area contributed by atoms with Crippen molar-refractivity contribution < 1.29 is 9.90 Å². The van der Waals surface area contributed by atoms with E-state index in [1.807, 2.05) is 60.0 Å². The van der Waals surface area contributed by atoms with Gasteiger partial charge in [0.1, 0.15) is 5.82 Å². The van der Waals surface area contributed by atoms with Crippen molar-refractivity contribution in [1.29, 1.82) is 0 Å². The normalized spacial score (nSPS) is 10.8. The molecule has 0 bridgehead atoms. The molecule has 0 amide bonds. The Labute approximate surface area is 116 Å². The van der Waals surface area contributed by atoms with Crippen molar-refractivity contribution in [1.82, 2.24) is 9.38 Å². The Morgan fingerprint density at radius 3 is 2.65 bits per heavy atom. The van der Waals surface area contributed by atoms with Gasteiger partial charge in [-0.1, -0.05) is 35.9 Å². The van der Waals surface area contributed by atoms with Crippen molar-refractivity contribution in [2.45, 2.75) is 13.3 Å². The largest absolute Gasteiger partial charge is 0.481 e. The van der Waals surface area contributed by atoms with Gasteiger partial charge >= 0.3 is 5.97 Å². The maximum absolute atomic E-state index is 11.0. The van der Waals surface area contributed by atoms with Crippen LogP contribution in [0.4, 0.5) is 0 Å². The molecule has 0 aliphatic rings. The van der Waals surface area contributed by atoms with E-state index in [2.05, 4.69) is 4.98 Å². The number of benzene rings is 1. The van der Waals surface area contributed by atoms with Gasteiger partial charge in [-0.2, -0.15) is 0 Å². The van der Waals surface area contributed by atoms with E-state index in [4.69, 9.17) is 5.11 Å². The summed E-state index contributed by atoms with van der Waals surface area (Å²) in [4.78, 5) is 15.5. The lowest BCUT2D eigenvalue weighted by Crippen LogP contribution is -2.00. The van der Waals surface area contributed by atoms with E-state index in [9.17, 15) is 4.79 Å². The van der Waals surface area contributed by atoms with Gasteiger partial charge in [-0.05, 0) is 19.1 Å². The molecular weight excluding hydrogens is 252 g/mol. The summed E-state index contributed by atoms with van der Waals surface area (Å²) in [6.45, 7) is 2.03. The number of hydrogen-bond donors (Lipinski definition) is 1. The van der Waals surface area contributed by atoms with Gasteiger partial charge in [0, 0.05) is 11.8 Å². The zero-order valence-electron chi connectivity index (χ0n) is 11.1. The second-order valence-corrected chi connectivity index (χ2v) is 4.77. The molecule has 0 aliphatic carbocycles. The fourth-order valence-electron chi connectivity index (χ4n) is 2.28. The van der Waals surface area contributed by atoms with Crippen molar-refractivity contribution in [3.05, 3.63) is 59.9 Å². The molecule has 0 saturated carbocycles. The van der Waals surface area contributed by atoms with Gasteiger partial charge in [-0.15, -0.1) is 0 Å². The average Bonchev–Trinajstić information content (AvgIpc) is 2.78. The van der Waals surface area contributed by atoms with Gasteiger partial charge in [-0.3, -0.25) is 9.20 Å². The van der Waals surface area contributed by atoms with E-state index in [0.29, 0.717) is 5.69 Å². The fraction of sp³-hybridized carbons (Fsp3) is 0.125. The number of rotatable bonds is 3. The summed E-state index contributed by atoms with van der Waals surface area (Å²) in [6, 6.07) is 13.7. The Hall–Kier alpha value is -2.62. The summed E-state index contributed by atoms with van der Waals surface area (Å²) in [5.41, 5.74) is 3.59. The Morgan fingerprint density at radius 2 is 1.95 bits per heavy atom. The number of hydrogen-bond acceptors (Lipinski definition) is 2. The van der Waals surface area contributed by atoms with Crippen LogP contribution in [0.15, 0.2) is 48.7 Å². The molecule has 0 fully saturated rings. The monoisotopic (exact) mass is 266 g/mol. The van der Waals surface area contributed by atoms with Crippen molar-refractivity contribution in [2.75, 3.05) is 0 Å². The van der Waals surface area contributed by atoms with E-state index in [1.165, 1.54) is 5.56 Å². The van der Waals surface area contributed by atoms with E-state index in [0.717, 1.165) is 16.9 Å². The molecule has 4 nitrogen and oxygen atoms in total. The molecule has 1 N–H and O–H groups in total. The third kappa shape index (κ3) is 2.16. The zero-order chi connectivity index (χ0) is 14.1. The second-order valence-electron chi connectivity index (χ2n) is 4.77. The molecule has 0 unspecified atom stereocenters. The highest BCUT2D eigenvalue weighted by atomic mass is 16.4. The maximum Gasteiger partial charge on any atom is 0.309 e. The van der Waals surface area contributed by atoms with Gasteiger partial charge in [0.2, 0.25) is 0 Å². The lowest BCUT2D eigenvalue weighted by Gasteiger charge is -2.01. The van der Waals surface area contributed by atoms with Crippen LogP contribution in [0.1, 0.15) is 11.3 Å². The van der Waals surface area contributed by atoms with Crippen molar-refractivity contribution in [2.24, 2.45) is 0 Å². The average molecular weight is 266 g/mol. The van der Waals surface area contributed by atoms with Gasteiger partial charge in [0.25, 0.3) is 0 Å². The summed E-state index contributed by atoms with van der Waals surface area (Å²) in [5, 5.41) is 8.99. The molecule has 1 aromatic carbocycles. The summed E-state index contributed by atoms with van der Waals surface area (Å²) in [5.74, 6) is -0.0961. The van der Waals surface area contributed by atoms with Crippen molar-refractivity contribution in [3.8, 4) is 11.4 Å². The fourth-order valence-corrected chi connectivity index (χ4v) is 2.28. The van der Waals surface area contributed by atoms with Crippen LogP contribution in [0.3, 0.4) is 0 Å². The molecule has 0 atom stereocenters. The maximum atomic E-state index is 11.0. The Morgan fingerprint density at radius 1 is 1.20 bits per heavy atom. The molecule has 0 radical (unpaired) electrons. The minimum absolute atomic E-state index is 0.0701. The lowest BCUT2D eigenvalue weighted by atomic mass is 10.1. The highest BCUT2D eigenvalue weighted by Crippen LogP contribution is 2.23. The molecule has 0 saturated heterocycles.